The van der Waals surface area contributed by atoms with Crippen LogP contribution >= 0.6 is 10.6 Å². The molecule has 3 aromatic rings. The molecule has 1 fully saturated rings. The quantitative estimate of drug-likeness (QED) is 0.487. The number of rotatable bonds is 6. The van der Waals surface area contributed by atoms with E-state index in [4.69, 9.17) is 4.98 Å². The van der Waals surface area contributed by atoms with E-state index >= 15 is 0 Å². The molecule has 9 heteroatoms. The van der Waals surface area contributed by atoms with Crippen LogP contribution in [0.5, 0.6) is 0 Å². The monoisotopic (exact) mass is 495 g/mol. The Balaban J connectivity index is 1.82. The van der Waals surface area contributed by atoms with Gasteiger partial charge in [-0.1, -0.05) is 39.0 Å². The zero-order valence-electron chi connectivity index (χ0n) is 20.6. The van der Waals surface area contributed by atoms with Gasteiger partial charge in [-0.15, -0.1) is 6.58 Å². The van der Waals surface area contributed by atoms with Crippen molar-refractivity contribution in [1.29, 1.82) is 5.26 Å². The van der Waals surface area contributed by atoms with Crippen LogP contribution < -0.4 is 5.69 Å². The number of hydrogen-bond donors (Lipinski definition) is 2. The van der Waals surface area contributed by atoms with Crippen LogP contribution in [0.4, 0.5) is 0 Å². The summed E-state index contributed by atoms with van der Waals surface area (Å²) < 4.78 is 23.3. The van der Waals surface area contributed by atoms with Crippen molar-refractivity contribution in [3.8, 4) is 17.3 Å². The van der Waals surface area contributed by atoms with E-state index in [1.54, 1.807) is 21.3 Å². The van der Waals surface area contributed by atoms with Crippen molar-refractivity contribution in [1.82, 2.24) is 19.0 Å². The van der Waals surface area contributed by atoms with E-state index in [0.717, 1.165) is 16.6 Å². The summed E-state index contributed by atoms with van der Waals surface area (Å²) >= 11 is 0. The van der Waals surface area contributed by atoms with E-state index in [9.17, 15) is 19.2 Å². The third-order valence-corrected chi connectivity index (χ3v) is 7.87. The zero-order valence-corrected chi connectivity index (χ0v) is 21.4. The first-order chi connectivity index (χ1) is 16.5. The van der Waals surface area contributed by atoms with Crippen LogP contribution in [0.3, 0.4) is 0 Å². The van der Waals surface area contributed by atoms with E-state index in [1.165, 1.54) is 0 Å². The van der Waals surface area contributed by atoms with Gasteiger partial charge in [-0.05, 0) is 29.2 Å². The Kier molecular flexibility index (Phi) is 6.93. The lowest BCUT2D eigenvalue weighted by atomic mass is 9.96. The summed E-state index contributed by atoms with van der Waals surface area (Å²) in [5.74, 6) is 0.721. The third kappa shape index (κ3) is 5.36. The summed E-state index contributed by atoms with van der Waals surface area (Å²) in [6.07, 6.45) is 1.69. The van der Waals surface area contributed by atoms with Crippen LogP contribution in [-0.2, 0) is 19.6 Å². The molecule has 35 heavy (non-hydrogen) atoms. The Morgan fingerprint density at radius 2 is 1.89 bits per heavy atom. The van der Waals surface area contributed by atoms with Gasteiger partial charge in [0.25, 0.3) is 0 Å². The normalized spacial score (nSPS) is 17.3. The lowest BCUT2D eigenvalue weighted by Crippen LogP contribution is -2.37. The van der Waals surface area contributed by atoms with Crippen molar-refractivity contribution in [2.45, 2.75) is 40.4 Å². The Morgan fingerprint density at radius 1 is 1.17 bits per heavy atom. The number of nitriles is 1. The first kappa shape index (κ1) is 25.2. The van der Waals surface area contributed by atoms with Crippen LogP contribution in [0.2, 0.25) is 0 Å². The van der Waals surface area contributed by atoms with Crippen molar-refractivity contribution in [3.05, 3.63) is 64.6 Å². The molecule has 0 saturated carbocycles. The van der Waals surface area contributed by atoms with Gasteiger partial charge in [-0.3, -0.25) is 23.1 Å². The third-order valence-electron chi connectivity index (χ3n) is 6.20. The minimum absolute atomic E-state index is 0.0900. The molecule has 1 saturated heterocycles. The molecular weight excluding hydrogens is 462 g/mol. The highest BCUT2D eigenvalue weighted by molar-refractivity contribution is 8.24. The fraction of sp³-hybridized carbons (Fsp3) is 0.423. The molecule has 0 unspecified atom stereocenters. The number of nitrogens with zero attached hydrogens (tertiary/aromatic N) is 5. The summed E-state index contributed by atoms with van der Waals surface area (Å²) in [5.41, 5.74) is 3.96. The number of fused-ring (bicyclic) bond motifs is 1. The molecule has 0 aliphatic carbocycles. The van der Waals surface area contributed by atoms with Crippen LogP contribution in [0.15, 0.2) is 47.8 Å². The van der Waals surface area contributed by atoms with Crippen LogP contribution in [-0.4, -0.2) is 52.7 Å². The largest absolute Gasteiger partial charge is 0.330 e. The smallest absolute Gasteiger partial charge is 0.299 e. The highest BCUT2D eigenvalue weighted by Gasteiger charge is 2.25. The minimum atomic E-state index is -2.48. The van der Waals surface area contributed by atoms with Gasteiger partial charge in [0.05, 0.1) is 34.3 Å². The summed E-state index contributed by atoms with van der Waals surface area (Å²) in [6, 6.07) is 11.7. The van der Waals surface area contributed by atoms with Gasteiger partial charge in [0.1, 0.15) is 0 Å². The van der Waals surface area contributed by atoms with Crippen molar-refractivity contribution < 1.29 is 9.11 Å². The predicted molar refractivity (Wildman–Crippen MR) is 142 cm³/mol. The van der Waals surface area contributed by atoms with Crippen molar-refractivity contribution >= 4 is 21.8 Å². The number of aromatic nitrogens is 3. The lowest BCUT2D eigenvalue weighted by molar-refractivity contribution is 0.278. The summed E-state index contributed by atoms with van der Waals surface area (Å²) in [5, 5.41) is 9.88. The van der Waals surface area contributed by atoms with Gasteiger partial charge in [0.15, 0.2) is 5.65 Å². The number of hydrogen-bond acceptors (Lipinski definition) is 6. The summed E-state index contributed by atoms with van der Waals surface area (Å²) in [4.78, 5) is 20.3. The Morgan fingerprint density at radius 3 is 2.51 bits per heavy atom. The second-order valence-corrected chi connectivity index (χ2v) is 12.7. The number of pyridine rings is 1. The van der Waals surface area contributed by atoms with E-state index in [-0.39, 0.29) is 11.1 Å². The van der Waals surface area contributed by atoms with E-state index in [0.29, 0.717) is 61.1 Å². The summed E-state index contributed by atoms with van der Waals surface area (Å²) in [6.45, 7) is 12.7. The average molecular weight is 496 g/mol. The molecule has 186 valence electrons. The molecule has 0 bridgehead atoms. The van der Waals surface area contributed by atoms with Crippen LogP contribution in [0.1, 0.15) is 31.9 Å². The first-order valence-electron chi connectivity index (χ1n) is 11.7. The summed E-state index contributed by atoms with van der Waals surface area (Å²) in [7, 11) is -2.48. The molecular formula is C26H33N5O3S. The van der Waals surface area contributed by atoms with Gasteiger partial charge in [-0.25, -0.2) is 9.78 Å². The molecule has 0 radical (unpaired) electrons. The maximum absolute atomic E-state index is 13.2. The van der Waals surface area contributed by atoms with E-state index in [2.05, 4.69) is 38.3 Å². The predicted octanol–water partition coefficient (Wildman–Crippen LogP) is 4.53. The number of imidazole rings is 1. The van der Waals surface area contributed by atoms with Gasteiger partial charge >= 0.3 is 5.69 Å². The van der Waals surface area contributed by atoms with Gasteiger partial charge < -0.3 is 0 Å². The SMILES string of the molecule is C=CCn1c(=O)n(CC(C)(C)C)c2ccc(-c3c(C#N)cccc3CN3CCS(O)(O)CC3)nc21. The second-order valence-electron chi connectivity index (χ2n) is 10.3. The first-order valence-corrected chi connectivity index (χ1v) is 13.6. The highest BCUT2D eigenvalue weighted by Crippen LogP contribution is 2.41. The fourth-order valence-electron chi connectivity index (χ4n) is 4.54. The minimum Gasteiger partial charge on any atom is -0.299 e. The fourth-order valence-corrected chi connectivity index (χ4v) is 5.85. The molecule has 1 aromatic carbocycles. The van der Waals surface area contributed by atoms with Crippen molar-refractivity contribution in [2.24, 2.45) is 5.41 Å². The lowest BCUT2D eigenvalue weighted by Gasteiger charge is -2.41. The Hall–Kier alpha value is -2.90. The standard InChI is InChI=1S/C26H33N5O3S/c1-5-11-30-24-22(31(25(30)32)18-26(2,3)4)10-9-21(28-24)23-19(16-27)7-6-8-20(23)17-29-12-14-35(33,34)15-13-29/h5-10,33-34H,1,11-15,17-18H2,2-4H3. The molecule has 0 spiro atoms. The second kappa shape index (κ2) is 9.63. The Bertz CT molecular complexity index is 1350. The number of benzene rings is 1. The molecule has 4 rings (SSSR count). The van der Waals surface area contributed by atoms with Crippen LogP contribution in [0, 0.1) is 16.7 Å². The van der Waals surface area contributed by atoms with Crippen molar-refractivity contribution in [2.75, 3.05) is 24.6 Å². The molecule has 2 N–H and O–H groups in total. The number of allylic oxidation sites excluding steroid dienone is 1. The molecule has 1 aliphatic rings. The van der Waals surface area contributed by atoms with E-state index in [1.807, 2.05) is 24.3 Å². The molecule has 8 nitrogen and oxygen atoms in total. The maximum Gasteiger partial charge on any atom is 0.330 e. The molecule has 2 aromatic heterocycles. The maximum atomic E-state index is 13.2. The van der Waals surface area contributed by atoms with E-state index < -0.39 is 10.6 Å². The topological polar surface area (TPSA) is 107 Å². The highest BCUT2D eigenvalue weighted by atomic mass is 32.3. The molecule has 1 aliphatic heterocycles. The zero-order chi connectivity index (χ0) is 25.4. The Labute approximate surface area is 207 Å². The van der Waals surface area contributed by atoms with Crippen LogP contribution in [0.25, 0.3) is 22.4 Å². The van der Waals surface area contributed by atoms with Gasteiger partial charge in [-0.2, -0.15) is 15.9 Å². The van der Waals surface area contributed by atoms with Crippen molar-refractivity contribution in [3.63, 3.8) is 0 Å². The van der Waals surface area contributed by atoms with Gasteiger partial charge in [0, 0.05) is 38.3 Å². The average Bonchev–Trinajstić information content (AvgIpc) is 3.04. The molecule has 3 heterocycles. The molecule has 0 amide bonds. The van der Waals surface area contributed by atoms with Gasteiger partial charge in [0.2, 0.25) is 0 Å². The molecule has 0 atom stereocenters.